The number of amides is 2. The highest BCUT2D eigenvalue weighted by Crippen LogP contribution is 2.26. The van der Waals surface area contributed by atoms with Crippen molar-refractivity contribution in [1.82, 2.24) is 10.3 Å². The van der Waals surface area contributed by atoms with Crippen molar-refractivity contribution in [2.24, 2.45) is 0 Å². The van der Waals surface area contributed by atoms with Gasteiger partial charge < -0.3 is 5.32 Å². The zero-order valence-electron chi connectivity index (χ0n) is 15.7. The molecule has 1 aromatic heterocycles. The number of anilines is 1. The van der Waals surface area contributed by atoms with E-state index in [1.54, 1.807) is 6.92 Å². The quantitative estimate of drug-likeness (QED) is 0.655. The number of aromatic nitrogens is 1. The molecule has 28 heavy (non-hydrogen) atoms. The number of carbonyl (C=O) groups excluding carboxylic acids is 2. The minimum absolute atomic E-state index is 0.0731. The summed E-state index contributed by atoms with van der Waals surface area (Å²) in [4.78, 5) is 28.0. The van der Waals surface area contributed by atoms with Crippen molar-refractivity contribution >= 4 is 28.3 Å². The number of thiazole rings is 1. The maximum absolute atomic E-state index is 13.4. The van der Waals surface area contributed by atoms with Gasteiger partial charge in [-0.15, -0.1) is 11.3 Å². The largest absolute Gasteiger partial charge is 0.350 e. The van der Waals surface area contributed by atoms with Crippen LogP contribution in [0.15, 0.2) is 47.8 Å². The topological polar surface area (TPSA) is 71.1 Å². The van der Waals surface area contributed by atoms with Crippen LogP contribution < -0.4 is 10.6 Å². The van der Waals surface area contributed by atoms with Crippen molar-refractivity contribution in [3.63, 3.8) is 0 Å². The first-order chi connectivity index (χ1) is 13.3. The summed E-state index contributed by atoms with van der Waals surface area (Å²) in [5.41, 5.74) is 3.45. The van der Waals surface area contributed by atoms with E-state index < -0.39 is 0 Å². The first-order valence-corrected chi connectivity index (χ1v) is 9.62. The molecule has 5 nitrogen and oxygen atoms in total. The molecular formula is C21H20FN3O2S. The summed E-state index contributed by atoms with van der Waals surface area (Å²) in [6, 6.07) is 11.9. The summed E-state index contributed by atoms with van der Waals surface area (Å²) in [5, 5.41) is 7.92. The van der Waals surface area contributed by atoms with Gasteiger partial charge in [-0.05, 0) is 43.2 Å². The van der Waals surface area contributed by atoms with Crippen LogP contribution in [0, 0.1) is 12.7 Å². The zero-order valence-corrected chi connectivity index (χ0v) is 16.6. The van der Waals surface area contributed by atoms with Crippen LogP contribution in [-0.2, 0) is 4.79 Å². The minimum Gasteiger partial charge on any atom is -0.350 e. The van der Waals surface area contributed by atoms with E-state index in [9.17, 15) is 14.0 Å². The lowest BCUT2D eigenvalue weighted by atomic mass is 10.1. The molecule has 0 spiro atoms. The molecular weight excluding hydrogens is 377 g/mol. The summed E-state index contributed by atoms with van der Waals surface area (Å²) in [7, 11) is 0. The van der Waals surface area contributed by atoms with Gasteiger partial charge in [-0.3, -0.25) is 14.9 Å². The third-order valence-corrected chi connectivity index (χ3v) is 5.03. The Bertz CT molecular complexity index is 1010. The van der Waals surface area contributed by atoms with E-state index in [-0.39, 0.29) is 23.7 Å². The molecule has 7 heteroatoms. The van der Waals surface area contributed by atoms with Gasteiger partial charge in [-0.2, -0.15) is 0 Å². The molecule has 144 valence electrons. The molecule has 0 saturated carbocycles. The molecule has 0 unspecified atom stereocenters. The molecule has 2 amide bonds. The average Bonchev–Trinajstić information content (AvgIpc) is 3.12. The van der Waals surface area contributed by atoms with Crippen molar-refractivity contribution in [3.05, 3.63) is 70.4 Å². The lowest BCUT2D eigenvalue weighted by molar-refractivity contribution is -0.119. The number of nitrogens with zero attached hydrogens (tertiary/aromatic N) is 1. The fourth-order valence-corrected chi connectivity index (χ4v) is 3.46. The van der Waals surface area contributed by atoms with E-state index in [0.29, 0.717) is 16.3 Å². The Kier molecular flexibility index (Phi) is 5.84. The number of aryl methyl sites for hydroxylation is 1. The molecule has 0 radical (unpaired) electrons. The van der Waals surface area contributed by atoms with Gasteiger partial charge in [0, 0.05) is 23.4 Å². The predicted octanol–water partition coefficient (Wildman–Crippen LogP) is 4.71. The average molecular weight is 397 g/mol. The third kappa shape index (κ3) is 4.61. The summed E-state index contributed by atoms with van der Waals surface area (Å²) < 4.78 is 13.4. The van der Waals surface area contributed by atoms with Gasteiger partial charge in [0.15, 0.2) is 5.13 Å². The minimum atomic E-state index is -0.343. The molecule has 2 aromatic carbocycles. The highest BCUT2D eigenvalue weighted by Gasteiger charge is 2.12. The summed E-state index contributed by atoms with van der Waals surface area (Å²) in [6.45, 7) is 5.03. The number of hydrogen-bond acceptors (Lipinski definition) is 4. The number of hydrogen-bond donors (Lipinski definition) is 2. The molecule has 0 bridgehead atoms. The van der Waals surface area contributed by atoms with E-state index in [4.69, 9.17) is 0 Å². The molecule has 0 fully saturated rings. The SMILES string of the molecule is CC(=O)N[C@H](C)c1ccc(-c2csc(NC(=O)c3ccc(F)c(C)c3)n2)cc1. The summed E-state index contributed by atoms with van der Waals surface area (Å²) >= 11 is 1.32. The Morgan fingerprint density at radius 3 is 2.50 bits per heavy atom. The standard InChI is InChI=1S/C21H20FN3O2S/c1-12-10-17(8-9-18(12)22)20(27)25-21-24-19(11-28-21)16-6-4-15(5-7-16)13(2)23-14(3)26/h4-11,13H,1-3H3,(H,23,26)(H,24,25,27)/t13-/m1/s1. The van der Waals surface area contributed by atoms with Crippen LogP contribution >= 0.6 is 11.3 Å². The second kappa shape index (κ2) is 8.31. The first kappa shape index (κ1) is 19.7. The van der Waals surface area contributed by atoms with Crippen LogP contribution in [0.25, 0.3) is 11.3 Å². The van der Waals surface area contributed by atoms with Gasteiger partial charge in [0.2, 0.25) is 5.91 Å². The van der Waals surface area contributed by atoms with Gasteiger partial charge in [0.1, 0.15) is 5.82 Å². The van der Waals surface area contributed by atoms with Crippen molar-refractivity contribution in [3.8, 4) is 11.3 Å². The number of nitrogens with one attached hydrogen (secondary N) is 2. The lowest BCUT2D eigenvalue weighted by Gasteiger charge is -2.13. The maximum Gasteiger partial charge on any atom is 0.257 e. The fraction of sp³-hybridized carbons (Fsp3) is 0.190. The third-order valence-electron chi connectivity index (χ3n) is 4.27. The Hall–Kier alpha value is -3.06. The molecule has 3 rings (SSSR count). The molecule has 2 N–H and O–H groups in total. The van der Waals surface area contributed by atoms with E-state index in [2.05, 4.69) is 15.6 Å². The molecule has 0 saturated heterocycles. The fourth-order valence-electron chi connectivity index (χ4n) is 2.75. The van der Waals surface area contributed by atoms with E-state index in [1.165, 1.54) is 36.5 Å². The molecule has 1 heterocycles. The molecule has 0 aliphatic rings. The van der Waals surface area contributed by atoms with Crippen LogP contribution in [0.2, 0.25) is 0 Å². The van der Waals surface area contributed by atoms with Crippen LogP contribution in [0.5, 0.6) is 0 Å². The molecule has 1 atom stereocenters. The van der Waals surface area contributed by atoms with E-state index >= 15 is 0 Å². The maximum atomic E-state index is 13.4. The van der Waals surface area contributed by atoms with Crippen LogP contribution in [0.1, 0.15) is 41.4 Å². The van der Waals surface area contributed by atoms with Gasteiger partial charge in [-0.1, -0.05) is 24.3 Å². The van der Waals surface area contributed by atoms with Crippen molar-refractivity contribution in [2.75, 3.05) is 5.32 Å². The highest BCUT2D eigenvalue weighted by atomic mass is 32.1. The number of benzene rings is 2. The lowest BCUT2D eigenvalue weighted by Crippen LogP contribution is -2.23. The van der Waals surface area contributed by atoms with Gasteiger partial charge in [-0.25, -0.2) is 9.37 Å². The van der Waals surface area contributed by atoms with Crippen molar-refractivity contribution in [2.45, 2.75) is 26.8 Å². The second-order valence-corrected chi connectivity index (χ2v) is 7.36. The smallest absolute Gasteiger partial charge is 0.257 e. The number of halogens is 1. The second-order valence-electron chi connectivity index (χ2n) is 6.50. The van der Waals surface area contributed by atoms with Crippen LogP contribution in [0.3, 0.4) is 0 Å². The monoisotopic (exact) mass is 397 g/mol. The van der Waals surface area contributed by atoms with Crippen molar-refractivity contribution in [1.29, 1.82) is 0 Å². The summed E-state index contributed by atoms with van der Waals surface area (Å²) in [6.07, 6.45) is 0. The van der Waals surface area contributed by atoms with E-state index in [0.717, 1.165) is 16.8 Å². The number of carbonyl (C=O) groups is 2. The first-order valence-electron chi connectivity index (χ1n) is 8.74. The van der Waals surface area contributed by atoms with Gasteiger partial charge >= 0.3 is 0 Å². The number of rotatable bonds is 5. The Morgan fingerprint density at radius 1 is 1.14 bits per heavy atom. The van der Waals surface area contributed by atoms with Crippen molar-refractivity contribution < 1.29 is 14.0 Å². The zero-order chi connectivity index (χ0) is 20.3. The van der Waals surface area contributed by atoms with Gasteiger partial charge in [0.05, 0.1) is 11.7 Å². The highest BCUT2D eigenvalue weighted by molar-refractivity contribution is 7.14. The Morgan fingerprint density at radius 2 is 1.86 bits per heavy atom. The normalized spacial score (nSPS) is 11.7. The van der Waals surface area contributed by atoms with E-state index in [1.807, 2.05) is 36.6 Å². The van der Waals surface area contributed by atoms with Gasteiger partial charge in [0.25, 0.3) is 5.91 Å². The Labute approximate surface area is 166 Å². The Balaban J connectivity index is 1.70. The van der Waals surface area contributed by atoms with Crippen LogP contribution in [0.4, 0.5) is 9.52 Å². The molecule has 0 aliphatic carbocycles. The summed E-state index contributed by atoms with van der Waals surface area (Å²) in [5.74, 6) is -0.749. The molecule has 3 aromatic rings. The predicted molar refractivity (Wildman–Crippen MR) is 109 cm³/mol. The van der Waals surface area contributed by atoms with Crippen LogP contribution in [-0.4, -0.2) is 16.8 Å². The molecule has 0 aliphatic heterocycles.